The molecule has 0 radical (unpaired) electrons. The number of rotatable bonds is 73. The second kappa shape index (κ2) is 60.4. The van der Waals surface area contributed by atoms with Crippen molar-refractivity contribution in [2.75, 3.05) is 13.2 Å². The van der Waals surface area contributed by atoms with E-state index in [1.54, 1.807) is 0 Å². The summed E-state index contributed by atoms with van der Waals surface area (Å²) in [7, 11) is 0. The summed E-state index contributed by atoms with van der Waals surface area (Å²) < 4.78 is 0. The summed E-state index contributed by atoms with van der Waals surface area (Å²) >= 11 is 0. The van der Waals surface area contributed by atoms with Crippen LogP contribution in [-0.2, 0) is 19.2 Å². The van der Waals surface area contributed by atoms with E-state index in [1.807, 2.05) is 0 Å². The second-order valence-electron chi connectivity index (χ2n) is 27.9. The maximum absolute atomic E-state index is 15.1. The molecule has 0 aromatic carbocycles. The Kier molecular flexibility index (Phi) is 59.3. The molecule has 0 aromatic rings. The highest BCUT2D eigenvalue weighted by Crippen LogP contribution is 2.46. The first-order valence-corrected chi connectivity index (χ1v) is 39.0. The van der Waals surface area contributed by atoms with Crippen LogP contribution < -0.4 is 0 Å². The van der Waals surface area contributed by atoms with Gasteiger partial charge in [-0.2, -0.15) is 0 Å². The lowest BCUT2D eigenvalue weighted by Crippen LogP contribution is -2.85. The summed E-state index contributed by atoms with van der Waals surface area (Å²) in [5.41, 5.74) is -14.8. The molecule has 0 spiro atoms. The third-order valence-corrected chi connectivity index (χ3v) is 19.9. The number of ketones is 4. The Morgan fingerprint density at radius 3 is 0.432 bits per heavy atom. The SMILES string of the molecule is CCCCCCCCCCCCCCCCCC(=O)[C@](O)([C@@](O)(C(=O)CCCCCCCCCCCCCCCCC)[C@](O)(CO)C(=O)CCCCCCCCCCCCCCCCC)[C@@](O)(CO)C(=O)CCCCCCCCCCCCCCCCC. The summed E-state index contributed by atoms with van der Waals surface area (Å²) in [5.74, 6) is -4.96. The molecule has 6 N–H and O–H groups in total. The van der Waals surface area contributed by atoms with Gasteiger partial charge in [0.1, 0.15) is 0 Å². The van der Waals surface area contributed by atoms with E-state index in [-0.39, 0.29) is 25.7 Å². The number of Topliss-reactive ketones (excluding diaryl/α,β-unsaturated/α-hetero) is 4. The van der Waals surface area contributed by atoms with Gasteiger partial charge in [0.05, 0.1) is 13.2 Å². The van der Waals surface area contributed by atoms with Gasteiger partial charge in [-0.15, -0.1) is 0 Å². The molecule has 0 amide bonds. The fourth-order valence-electron chi connectivity index (χ4n) is 13.7. The van der Waals surface area contributed by atoms with Crippen molar-refractivity contribution in [3.05, 3.63) is 0 Å². The summed E-state index contributed by atoms with van der Waals surface area (Å²) in [5, 5.41) is 74.3. The van der Waals surface area contributed by atoms with E-state index in [1.165, 1.54) is 231 Å². The van der Waals surface area contributed by atoms with Crippen molar-refractivity contribution in [2.45, 2.75) is 461 Å². The van der Waals surface area contributed by atoms with Crippen molar-refractivity contribution < 1.29 is 49.8 Å². The summed E-state index contributed by atoms with van der Waals surface area (Å²) in [6.45, 7) is 5.84. The molecule has 0 rings (SSSR count). The molecule has 0 unspecified atom stereocenters. The molecule has 0 aliphatic rings. The number of hydrogen-bond acceptors (Lipinski definition) is 10. The van der Waals surface area contributed by atoms with Crippen molar-refractivity contribution in [3.63, 3.8) is 0 Å². The van der Waals surface area contributed by atoms with Gasteiger partial charge in [-0.05, 0) is 25.7 Å². The Morgan fingerprint density at radius 2 is 0.307 bits per heavy atom. The highest BCUT2D eigenvalue weighted by atomic mass is 16.4. The number of hydrogen-bond donors (Lipinski definition) is 6. The number of carbonyl (C=O) groups is 4. The predicted molar refractivity (Wildman–Crippen MR) is 372 cm³/mol. The fraction of sp³-hybridized carbons (Fsp3) is 0.949. The van der Waals surface area contributed by atoms with Gasteiger partial charge >= 0.3 is 0 Å². The van der Waals surface area contributed by atoms with E-state index in [2.05, 4.69) is 27.7 Å². The molecular formula is C78H150O10. The molecule has 0 aliphatic carbocycles. The smallest absolute Gasteiger partial charge is 0.200 e. The molecule has 88 heavy (non-hydrogen) atoms. The average molecular weight is 1250 g/mol. The van der Waals surface area contributed by atoms with Gasteiger partial charge in [0.15, 0.2) is 34.3 Å². The van der Waals surface area contributed by atoms with Crippen molar-refractivity contribution in [1.29, 1.82) is 0 Å². The fourth-order valence-corrected chi connectivity index (χ4v) is 13.7. The molecule has 0 bridgehead atoms. The first kappa shape index (κ1) is 86.4. The van der Waals surface area contributed by atoms with Crippen LogP contribution in [0.4, 0.5) is 0 Å². The van der Waals surface area contributed by atoms with E-state index in [9.17, 15) is 40.2 Å². The minimum Gasteiger partial charge on any atom is -0.393 e. The van der Waals surface area contributed by atoms with Gasteiger partial charge in [-0.3, -0.25) is 19.2 Å². The molecule has 522 valence electrons. The largest absolute Gasteiger partial charge is 0.393 e. The molecular weight excluding hydrogens is 1100 g/mol. The third-order valence-electron chi connectivity index (χ3n) is 19.9. The van der Waals surface area contributed by atoms with Crippen LogP contribution in [0.2, 0.25) is 0 Å². The quantitative estimate of drug-likeness (QED) is 0.0320. The van der Waals surface area contributed by atoms with Crippen molar-refractivity contribution >= 4 is 23.1 Å². The Hall–Kier alpha value is -1.56. The lowest BCUT2D eigenvalue weighted by Gasteiger charge is -2.54. The van der Waals surface area contributed by atoms with Crippen LogP contribution in [0, 0.1) is 0 Å². The Bertz CT molecular complexity index is 1470. The summed E-state index contributed by atoms with van der Waals surface area (Å²) in [6.07, 6.45) is 62.8. The van der Waals surface area contributed by atoms with Crippen molar-refractivity contribution in [1.82, 2.24) is 0 Å². The van der Waals surface area contributed by atoms with Gasteiger partial charge in [0.2, 0.25) is 11.2 Å². The van der Waals surface area contributed by atoms with Crippen LogP contribution in [0.3, 0.4) is 0 Å². The molecule has 10 heteroatoms. The van der Waals surface area contributed by atoms with Gasteiger partial charge in [0.25, 0.3) is 0 Å². The molecule has 0 heterocycles. The zero-order valence-corrected chi connectivity index (χ0v) is 59.0. The molecule has 0 saturated carbocycles. The summed E-state index contributed by atoms with van der Waals surface area (Å²) in [4.78, 5) is 59.4. The van der Waals surface area contributed by atoms with Gasteiger partial charge in [-0.25, -0.2) is 0 Å². The van der Waals surface area contributed by atoms with Crippen molar-refractivity contribution in [3.8, 4) is 0 Å². The molecule has 0 aliphatic heterocycles. The molecule has 0 aromatic heterocycles. The standard InChI is InChI=1S/C78H150O10/c1-5-9-13-17-21-25-29-33-37-41-45-49-53-57-61-65-71(81)75(85,69-79)77(87,73(83)67-63-59-55-51-47-43-39-35-31-27-23-19-15-11-7-3)78(88,74(84)68-64-60-56-52-48-44-40-36-32-28-24-20-16-12-8-4)76(86,70-80)72(82)66-62-58-54-50-46-42-38-34-30-26-22-18-14-10-6-2/h79-80,85-88H,5-70H2,1-4H3/t75-,76+,77-,78-/m1/s1. The number of carbonyl (C=O) groups excluding carboxylic acids is 4. The van der Waals surface area contributed by atoms with E-state index in [0.717, 1.165) is 103 Å². The maximum atomic E-state index is 15.1. The van der Waals surface area contributed by atoms with E-state index < -0.39 is 84.4 Å². The molecule has 0 fully saturated rings. The normalized spacial score (nSPS) is 14.6. The zero-order valence-electron chi connectivity index (χ0n) is 59.0. The van der Waals surface area contributed by atoms with Crippen LogP contribution in [-0.4, -0.2) is 89.4 Å². The first-order valence-electron chi connectivity index (χ1n) is 39.0. The van der Waals surface area contributed by atoms with Crippen LogP contribution in [0.15, 0.2) is 0 Å². The van der Waals surface area contributed by atoms with Crippen LogP contribution >= 0.6 is 0 Å². The first-order chi connectivity index (χ1) is 42.8. The van der Waals surface area contributed by atoms with Crippen LogP contribution in [0.5, 0.6) is 0 Å². The second-order valence-corrected chi connectivity index (χ2v) is 27.9. The van der Waals surface area contributed by atoms with Gasteiger partial charge in [-0.1, -0.05) is 387 Å². The highest BCUT2D eigenvalue weighted by Gasteiger charge is 2.78. The predicted octanol–water partition coefficient (Wildman–Crippen LogP) is 21.2. The minimum absolute atomic E-state index is 0.169. The Balaban J connectivity index is 6.40. The van der Waals surface area contributed by atoms with Crippen molar-refractivity contribution in [2.24, 2.45) is 0 Å². The molecule has 4 atom stereocenters. The zero-order chi connectivity index (χ0) is 65.0. The van der Waals surface area contributed by atoms with Crippen LogP contribution in [0.1, 0.15) is 439 Å². The minimum atomic E-state index is -3.88. The Morgan fingerprint density at radius 1 is 0.193 bits per heavy atom. The number of aliphatic hydroxyl groups is 6. The van der Waals surface area contributed by atoms with E-state index >= 15 is 9.59 Å². The molecule has 0 saturated heterocycles. The van der Waals surface area contributed by atoms with Crippen LogP contribution in [0.25, 0.3) is 0 Å². The molecule has 10 nitrogen and oxygen atoms in total. The van der Waals surface area contributed by atoms with E-state index in [0.29, 0.717) is 25.7 Å². The average Bonchev–Trinajstić information content (AvgIpc) is 0.713. The van der Waals surface area contributed by atoms with E-state index in [4.69, 9.17) is 0 Å². The number of aliphatic hydroxyl groups excluding tert-OH is 2. The monoisotopic (exact) mass is 1250 g/mol. The third kappa shape index (κ3) is 38.6. The lowest BCUT2D eigenvalue weighted by molar-refractivity contribution is -0.275. The highest BCUT2D eigenvalue weighted by molar-refractivity contribution is 6.10. The van der Waals surface area contributed by atoms with Gasteiger partial charge in [0, 0.05) is 25.7 Å². The Labute approximate surface area is 544 Å². The maximum Gasteiger partial charge on any atom is 0.200 e. The number of unbranched alkanes of at least 4 members (excludes halogenated alkanes) is 56. The summed E-state index contributed by atoms with van der Waals surface area (Å²) in [6, 6.07) is 0. The lowest BCUT2D eigenvalue weighted by atomic mass is 9.56. The topological polar surface area (TPSA) is 190 Å². The van der Waals surface area contributed by atoms with Gasteiger partial charge < -0.3 is 30.6 Å².